The van der Waals surface area contributed by atoms with E-state index in [1.807, 2.05) is 38.1 Å². The van der Waals surface area contributed by atoms with Crippen LogP contribution in [0.15, 0.2) is 48.5 Å². The number of aryl methyl sites for hydroxylation is 1. The third-order valence-corrected chi connectivity index (χ3v) is 3.60. The molecule has 0 saturated carbocycles. The number of hydrogen-bond donors (Lipinski definition) is 3. The van der Waals surface area contributed by atoms with Gasteiger partial charge in [-0.05, 0) is 74.4 Å². The molecule has 0 aliphatic carbocycles. The zero-order valence-corrected chi connectivity index (χ0v) is 15.4. The van der Waals surface area contributed by atoms with E-state index < -0.39 is 0 Å². The van der Waals surface area contributed by atoms with Gasteiger partial charge in [-0.2, -0.15) is 0 Å². The molecule has 132 valence electrons. The summed E-state index contributed by atoms with van der Waals surface area (Å²) < 4.78 is 5.55. The minimum absolute atomic E-state index is 0.0937. The molecule has 0 aliphatic rings. The summed E-state index contributed by atoms with van der Waals surface area (Å²) in [7, 11) is 0. The first-order valence-corrected chi connectivity index (χ1v) is 8.61. The number of nitrogens with one attached hydrogen (secondary N) is 3. The molecule has 6 heteroatoms. The van der Waals surface area contributed by atoms with Crippen molar-refractivity contribution in [1.29, 1.82) is 0 Å². The number of hydrazine groups is 1. The highest BCUT2D eigenvalue weighted by Gasteiger charge is 2.07. The lowest BCUT2D eigenvalue weighted by Crippen LogP contribution is -2.43. The quantitative estimate of drug-likeness (QED) is 0.563. The maximum atomic E-state index is 12.1. The number of hydrogen-bond acceptors (Lipinski definition) is 3. The summed E-state index contributed by atoms with van der Waals surface area (Å²) in [5.41, 5.74) is 7.89. The molecule has 1 amide bonds. The highest BCUT2D eigenvalue weighted by Crippen LogP contribution is 2.13. The fraction of sp³-hybridized carbons (Fsp3) is 0.263. The Morgan fingerprint density at radius 3 is 2.24 bits per heavy atom. The van der Waals surface area contributed by atoms with Gasteiger partial charge in [0.25, 0.3) is 5.91 Å². The Bertz CT molecular complexity index is 712. The molecule has 0 saturated heterocycles. The third kappa shape index (κ3) is 6.08. The second-order valence-electron chi connectivity index (χ2n) is 5.77. The van der Waals surface area contributed by atoms with Crippen molar-refractivity contribution in [2.24, 2.45) is 0 Å². The minimum Gasteiger partial charge on any atom is -0.491 e. The molecule has 0 fully saturated rings. The lowest BCUT2D eigenvalue weighted by atomic mass is 10.1. The summed E-state index contributed by atoms with van der Waals surface area (Å²) in [6, 6.07) is 14.9. The second kappa shape index (κ2) is 9.03. The van der Waals surface area contributed by atoms with Gasteiger partial charge in [-0.25, -0.2) is 0 Å². The number of carbonyl (C=O) groups is 1. The first-order valence-electron chi connectivity index (χ1n) is 8.21. The maximum Gasteiger partial charge on any atom is 0.269 e. The van der Waals surface area contributed by atoms with Crippen LogP contribution in [0.2, 0.25) is 0 Å². The molecule has 0 aliphatic heterocycles. The Labute approximate surface area is 153 Å². The summed E-state index contributed by atoms with van der Waals surface area (Å²) in [6.07, 6.45) is 1.08. The monoisotopic (exact) mass is 357 g/mol. The average Bonchev–Trinajstić information content (AvgIpc) is 2.60. The van der Waals surface area contributed by atoms with Crippen LogP contribution >= 0.6 is 12.2 Å². The number of benzene rings is 2. The van der Waals surface area contributed by atoms with E-state index in [0.29, 0.717) is 10.7 Å². The van der Waals surface area contributed by atoms with Crippen molar-refractivity contribution >= 4 is 28.9 Å². The van der Waals surface area contributed by atoms with Crippen molar-refractivity contribution in [3.05, 3.63) is 59.7 Å². The number of amides is 1. The van der Waals surface area contributed by atoms with E-state index in [9.17, 15) is 4.79 Å². The van der Waals surface area contributed by atoms with E-state index in [-0.39, 0.29) is 12.0 Å². The highest BCUT2D eigenvalue weighted by atomic mass is 32.1. The van der Waals surface area contributed by atoms with Gasteiger partial charge in [0, 0.05) is 11.3 Å². The summed E-state index contributed by atoms with van der Waals surface area (Å²) in [4.78, 5) is 12.1. The molecular formula is C19H23N3O2S. The lowest BCUT2D eigenvalue weighted by Gasteiger charge is -2.13. The number of anilines is 1. The molecule has 0 bridgehead atoms. The third-order valence-electron chi connectivity index (χ3n) is 3.40. The topological polar surface area (TPSA) is 62.4 Å². The van der Waals surface area contributed by atoms with Gasteiger partial charge in [0.05, 0.1) is 6.10 Å². The van der Waals surface area contributed by atoms with Crippen molar-refractivity contribution < 1.29 is 9.53 Å². The van der Waals surface area contributed by atoms with E-state index >= 15 is 0 Å². The normalized spacial score (nSPS) is 10.2. The second-order valence-corrected chi connectivity index (χ2v) is 6.18. The minimum atomic E-state index is -0.276. The van der Waals surface area contributed by atoms with Crippen molar-refractivity contribution in [2.75, 3.05) is 5.32 Å². The standard InChI is InChI=1S/C19H23N3O2S/c1-4-14-5-9-16(10-6-14)20-19(25)22-21-18(23)15-7-11-17(12-8-15)24-13(2)3/h5-13H,4H2,1-3H3,(H,21,23)(H2,20,22,25). The van der Waals surface area contributed by atoms with Crippen molar-refractivity contribution in [2.45, 2.75) is 33.3 Å². The zero-order chi connectivity index (χ0) is 18.2. The predicted octanol–water partition coefficient (Wildman–Crippen LogP) is 3.67. The van der Waals surface area contributed by atoms with E-state index in [2.05, 4.69) is 23.1 Å². The van der Waals surface area contributed by atoms with Crippen LogP contribution in [0.3, 0.4) is 0 Å². The number of carbonyl (C=O) groups excluding carboxylic acids is 1. The molecular weight excluding hydrogens is 334 g/mol. The molecule has 2 rings (SSSR count). The number of rotatable bonds is 5. The maximum absolute atomic E-state index is 12.1. The summed E-state index contributed by atoms with van der Waals surface area (Å²) >= 11 is 5.18. The van der Waals surface area contributed by atoms with Gasteiger partial charge in [-0.3, -0.25) is 15.6 Å². The van der Waals surface area contributed by atoms with Crippen LogP contribution in [-0.4, -0.2) is 17.1 Å². The Balaban J connectivity index is 1.83. The van der Waals surface area contributed by atoms with Crippen LogP contribution in [0, 0.1) is 0 Å². The van der Waals surface area contributed by atoms with E-state index in [0.717, 1.165) is 17.9 Å². The lowest BCUT2D eigenvalue weighted by molar-refractivity contribution is 0.0944. The summed E-state index contributed by atoms with van der Waals surface area (Å²) in [6.45, 7) is 6.01. The Hall–Kier alpha value is -2.60. The van der Waals surface area contributed by atoms with E-state index in [1.165, 1.54) is 5.56 Å². The van der Waals surface area contributed by atoms with Crippen molar-refractivity contribution in [1.82, 2.24) is 10.9 Å². The van der Waals surface area contributed by atoms with E-state index in [1.54, 1.807) is 24.3 Å². The van der Waals surface area contributed by atoms with Crippen LogP contribution in [-0.2, 0) is 6.42 Å². The molecule has 2 aromatic carbocycles. The van der Waals surface area contributed by atoms with Gasteiger partial charge >= 0.3 is 0 Å². The number of ether oxygens (including phenoxy) is 1. The molecule has 2 aromatic rings. The van der Waals surface area contributed by atoms with Gasteiger partial charge in [0.15, 0.2) is 5.11 Å². The molecule has 0 unspecified atom stereocenters. The van der Waals surface area contributed by atoms with Crippen molar-refractivity contribution in [3.63, 3.8) is 0 Å². The molecule has 0 radical (unpaired) electrons. The predicted molar refractivity (Wildman–Crippen MR) is 105 cm³/mol. The molecule has 5 nitrogen and oxygen atoms in total. The van der Waals surface area contributed by atoms with Gasteiger partial charge in [0.1, 0.15) is 5.75 Å². The SMILES string of the molecule is CCc1ccc(NC(=S)NNC(=O)c2ccc(OC(C)C)cc2)cc1. The van der Waals surface area contributed by atoms with E-state index in [4.69, 9.17) is 17.0 Å². The average molecular weight is 357 g/mol. The molecule has 0 spiro atoms. The zero-order valence-electron chi connectivity index (χ0n) is 14.6. The molecule has 25 heavy (non-hydrogen) atoms. The molecule has 0 atom stereocenters. The van der Waals surface area contributed by atoms with Crippen LogP contribution in [0.25, 0.3) is 0 Å². The smallest absolute Gasteiger partial charge is 0.269 e. The highest BCUT2D eigenvalue weighted by molar-refractivity contribution is 7.80. The largest absolute Gasteiger partial charge is 0.491 e. The Kier molecular flexibility index (Phi) is 6.77. The molecule has 0 aromatic heterocycles. The van der Waals surface area contributed by atoms with Crippen LogP contribution in [0.1, 0.15) is 36.7 Å². The van der Waals surface area contributed by atoms with Crippen LogP contribution in [0.4, 0.5) is 5.69 Å². The Morgan fingerprint density at radius 1 is 1.04 bits per heavy atom. The number of thiocarbonyl (C=S) groups is 1. The fourth-order valence-electron chi connectivity index (χ4n) is 2.13. The van der Waals surface area contributed by atoms with Gasteiger partial charge in [0.2, 0.25) is 0 Å². The fourth-order valence-corrected chi connectivity index (χ4v) is 2.30. The summed E-state index contributed by atoms with van der Waals surface area (Å²) in [5, 5.41) is 3.33. The van der Waals surface area contributed by atoms with Crippen LogP contribution in [0.5, 0.6) is 5.75 Å². The Morgan fingerprint density at radius 2 is 1.68 bits per heavy atom. The molecule has 3 N–H and O–H groups in total. The van der Waals surface area contributed by atoms with Crippen molar-refractivity contribution in [3.8, 4) is 5.75 Å². The first kappa shape index (κ1) is 18.7. The van der Waals surface area contributed by atoms with Crippen LogP contribution < -0.4 is 20.9 Å². The first-order chi connectivity index (χ1) is 12.0. The van der Waals surface area contributed by atoms with Gasteiger partial charge < -0.3 is 10.1 Å². The van der Waals surface area contributed by atoms with Gasteiger partial charge in [-0.1, -0.05) is 19.1 Å². The van der Waals surface area contributed by atoms with Gasteiger partial charge in [-0.15, -0.1) is 0 Å². The summed E-state index contributed by atoms with van der Waals surface area (Å²) in [5.74, 6) is 0.453. The molecule has 0 heterocycles.